The Kier molecular flexibility index (Phi) is 3.56. The number of halogens is 1. The molecule has 0 aromatic carbocycles. The van der Waals surface area contributed by atoms with E-state index in [2.05, 4.69) is 25.8 Å². The molecule has 3 nitrogen and oxygen atoms in total. The summed E-state index contributed by atoms with van der Waals surface area (Å²) in [6.45, 7) is 7.11. The first-order valence-corrected chi connectivity index (χ1v) is 7.75. The molecule has 0 N–H and O–H groups in total. The summed E-state index contributed by atoms with van der Waals surface area (Å²) in [7, 11) is 0. The highest BCUT2D eigenvalue weighted by molar-refractivity contribution is 6.21. The maximum atomic E-state index is 6.54. The van der Waals surface area contributed by atoms with Gasteiger partial charge in [-0.2, -0.15) is 0 Å². The second kappa shape index (κ2) is 4.97. The molecule has 2 bridgehead atoms. The van der Waals surface area contributed by atoms with Gasteiger partial charge in [0.05, 0.1) is 29.3 Å². The minimum Gasteiger partial charge on any atom is -0.370 e. The third kappa shape index (κ3) is 2.16. The smallest absolute Gasteiger partial charge is 0.0939 e. The van der Waals surface area contributed by atoms with Crippen molar-refractivity contribution in [2.24, 2.45) is 5.92 Å². The zero-order valence-corrected chi connectivity index (χ0v) is 13.1. The minimum absolute atomic E-state index is 0.0910. The number of nitrogens with zero attached hydrogens (tertiary/aromatic N) is 1. The first kappa shape index (κ1) is 14.3. The molecule has 1 aromatic heterocycles. The molecule has 2 aliphatic heterocycles. The Morgan fingerprint density at radius 3 is 2.70 bits per heavy atom. The van der Waals surface area contributed by atoms with Crippen molar-refractivity contribution in [1.29, 1.82) is 0 Å². The van der Waals surface area contributed by atoms with Crippen molar-refractivity contribution in [2.75, 3.05) is 0 Å². The molecule has 0 radical (unpaired) electrons. The third-order valence-electron chi connectivity index (χ3n) is 4.90. The van der Waals surface area contributed by atoms with Crippen LogP contribution in [0.15, 0.2) is 24.5 Å². The maximum Gasteiger partial charge on any atom is 0.0939 e. The van der Waals surface area contributed by atoms with Gasteiger partial charge in [-0.05, 0) is 37.0 Å². The number of hydrogen-bond acceptors (Lipinski definition) is 3. The van der Waals surface area contributed by atoms with Crippen molar-refractivity contribution in [3.8, 4) is 0 Å². The van der Waals surface area contributed by atoms with Crippen LogP contribution in [0.5, 0.6) is 0 Å². The lowest BCUT2D eigenvalue weighted by Crippen LogP contribution is -2.45. The molecule has 20 heavy (non-hydrogen) atoms. The van der Waals surface area contributed by atoms with Crippen LogP contribution in [-0.2, 0) is 16.1 Å². The van der Waals surface area contributed by atoms with Crippen molar-refractivity contribution in [3.63, 3.8) is 0 Å². The molecule has 2 aliphatic rings. The van der Waals surface area contributed by atoms with E-state index in [1.807, 2.05) is 12.1 Å². The molecule has 110 valence electrons. The van der Waals surface area contributed by atoms with Crippen LogP contribution in [0.25, 0.3) is 0 Å². The Morgan fingerprint density at radius 2 is 2.10 bits per heavy atom. The summed E-state index contributed by atoms with van der Waals surface area (Å²) < 4.78 is 12.5. The number of ether oxygens (including phenoxy) is 2. The van der Waals surface area contributed by atoms with Crippen LogP contribution in [0.3, 0.4) is 0 Å². The van der Waals surface area contributed by atoms with Crippen LogP contribution < -0.4 is 0 Å². The Balaban J connectivity index is 1.71. The lowest BCUT2D eigenvalue weighted by molar-refractivity contribution is -0.0957. The summed E-state index contributed by atoms with van der Waals surface area (Å²) in [4.78, 5) is 4.02. The van der Waals surface area contributed by atoms with E-state index in [9.17, 15) is 0 Å². The highest BCUT2D eigenvalue weighted by atomic mass is 35.5. The van der Waals surface area contributed by atoms with Crippen LogP contribution in [0.4, 0.5) is 0 Å². The highest BCUT2D eigenvalue weighted by Crippen LogP contribution is 2.57. The van der Waals surface area contributed by atoms with E-state index >= 15 is 0 Å². The van der Waals surface area contributed by atoms with Gasteiger partial charge in [-0.3, -0.25) is 4.98 Å². The standard InChI is InChI=1S/C16H22ClNO2/c1-11(2)16-9-14(15(3,20-16)8-13(16)17)19-10-12-4-6-18-7-5-12/h4-7,11,13-14H,8-10H2,1-3H3. The summed E-state index contributed by atoms with van der Waals surface area (Å²) in [5.41, 5.74) is 0.676. The zero-order chi connectivity index (χ0) is 14.4. The van der Waals surface area contributed by atoms with Gasteiger partial charge >= 0.3 is 0 Å². The van der Waals surface area contributed by atoms with E-state index in [-0.39, 0.29) is 22.7 Å². The summed E-state index contributed by atoms with van der Waals surface area (Å²) in [5.74, 6) is 0.404. The van der Waals surface area contributed by atoms with Gasteiger partial charge in [0.25, 0.3) is 0 Å². The first-order valence-electron chi connectivity index (χ1n) is 7.31. The van der Waals surface area contributed by atoms with Gasteiger partial charge in [-0.25, -0.2) is 0 Å². The van der Waals surface area contributed by atoms with Gasteiger partial charge in [0, 0.05) is 18.8 Å². The number of hydrogen-bond donors (Lipinski definition) is 0. The SMILES string of the molecule is CC(C)C12CC(OCc3ccncc3)C(C)(CC1Cl)O2. The second-order valence-corrected chi connectivity index (χ2v) is 7.08. The molecule has 0 aliphatic carbocycles. The lowest BCUT2D eigenvalue weighted by Gasteiger charge is -2.35. The van der Waals surface area contributed by atoms with Gasteiger partial charge in [-0.1, -0.05) is 13.8 Å². The van der Waals surface area contributed by atoms with E-state index in [0.29, 0.717) is 12.5 Å². The Hall–Kier alpha value is -0.640. The van der Waals surface area contributed by atoms with Crippen molar-refractivity contribution in [2.45, 2.75) is 62.9 Å². The van der Waals surface area contributed by atoms with Gasteiger partial charge < -0.3 is 9.47 Å². The predicted molar refractivity (Wildman–Crippen MR) is 78.7 cm³/mol. The van der Waals surface area contributed by atoms with Crippen molar-refractivity contribution < 1.29 is 9.47 Å². The fraction of sp³-hybridized carbons (Fsp3) is 0.688. The van der Waals surface area contributed by atoms with E-state index in [0.717, 1.165) is 18.4 Å². The van der Waals surface area contributed by atoms with Gasteiger partial charge in [0.15, 0.2) is 0 Å². The molecule has 4 unspecified atom stereocenters. The average molecular weight is 296 g/mol. The molecule has 3 heterocycles. The molecule has 0 spiro atoms. The summed E-state index contributed by atoms with van der Waals surface area (Å²) in [6.07, 6.45) is 5.46. The van der Waals surface area contributed by atoms with Gasteiger partial charge in [0.2, 0.25) is 0 Å². The van der Waals surface area contributed by atoms with Crippen LogP contribution in [0.1, 0.15) is 39.2 Å². The van der Waals surface area contributed by atoms with E-state index in [1.54, 1.807) is 12.4 Å². The van der Waals surface area contributed by atoms with Crippen molar-refractivity contribution in [3.05, 3.63) is 30.1 Å². The maximum absolute atomic E-state index is 6.54. The summed E-state index contributed by atoms with van der Waals surface area (Å²) in [5, 5.41) is 0.0910. The molecule has 0 saturated carbocycles. The molecular formula is C16H22ClNO2. The lowest BCUT2D eigenvalue weighted by atomic mass is 9.75. The zero-order valence-electron chi connectivity index (χ0n) is 12.3. The van der Waals surface area contributed by atoms with E-state index < -0.39 is 0 Å². The van der Waals surface area contributed by atoms with Crippen molar-refractivity contribution >= 4 is 11.6 Å². The quantitative estimate of drug-likeness (QED) is 0.796. The monoisotopic (exact) mass is 295 g/mol. The molecule has 1 aromatic rings. The summed E-state index contributed by atoms with van der Waals surface area (Å²) >= 11 is 6.54. The largest absolute Gasteiger partial charge is 0.370 e. The molecule has 4 heteroatoms. The van der Waals surface area contributed by atoms with Crippen LogP contribution in [0, 0.1) is 5.92 Å². The Labute approximate surface area is 125 Å². The van der Waals surface area contributed by atoms with Crippen LogP contribution in [-0.4, -0.2) is 27.7 Å². The molecule has 3 rings (SSSR count). The van der Waals surface area contributed by atoms with Crippen LogP contribution >= 0.6 is 11.6 Å². The topological polar surface area (TPSA) is 31.4 Å². The Bertz CT molecular complexity index is 481. The van der Waals surface area contributed by atoms with E-state index in [4.69, 9.17) is 21.1 Å². The molecule has 0 amide bonds. The second-order valence-electron chi connectivity index (χ2n) is 6.56. The fourth-order valence-electron chi connectivity index (χ4n) is 3.57. The normalized spacial score (nSPS) is 39.6. The number of fused-ring (bicyclic) bond motifs is 2. The first-order chi connectivity index (χ1) is 9.46. The summed E-state index contributed by atoms with van der Waals surface area (Å²) in [6, 6.07) is 3.97. The highest BCUT2D eigenvalue weighted by Gasteiger charge is 2.65. The fourth-order valence-corrected chi connectivity index (χ4v) is 4.26. The average Bonchev–Trinajstić information content (AvgIpc) is 2.85. The Morgan fingerprint density at radius 1 is 1.40 bits per heavy atom. The van der Waals surface area contributed by atoms with Crippen LogP contribution in [0.2, 0.25) is 0 Å². The minimum atomic E-state index is -0.246. The van der Waals surface area contributed by atoms with E-state index in [1.165, 1.54) is 0 Å². The molecule has 2 fully saturated rings. The number of pyridine rings is 1. The molecule has 2 saturated heterocycles. The van der Waals surface area contributed by atoms with Crippen molar-refractivity contribution in [1.82, 2.24) is 4.98 Å². The molecular weight excluding hydrogens is 274 g/mol. The third-order valence-corrected chi connectivity index (χ3v) is 5.42. The number of rotatable bonds is 4. The van der Waals surface area contributed by atoms with Gasteiger partial charge in [-0.15, -0.1) is 11.6 Å². The predicted octanol–water partition coefficient (Wildman–Crippen LogP) is 3.55. The number of aromatic nitrogens is 1. The number of alkyl halides is 1. The molecule has 4 atom stereocenters. The van der Waals surface area contributed by atoms with Gasteiger partial charge in [0.1, 0.15) is 0 Å².